The molecule has 2 aromatic heterocycles. The summed E-state index contributed by atoms with van der Waals surface area (Å²) >= 11 is 5.99. The molecule has 122 valence electrons. The summed E-state index contributed by atoms with van der Waals surface area (Å²) in [5, 5.41) is 12.1. The highest BCUT2D eigenvalue weighted by Gasteiger charge is 2.31. The van der Waals surface area contributed by atoms with Crippen LogP contribution in [0.5, 0.6) is 5.88 Å². The average Bonchev–Trinajstić information content (AvgIpc) is 2.39. The summed E-state index contributed by atoms with van der Waals surface area (Å²) in [5.74, 6) is 0.471. The third-order valence-electron chi connectivity index (χ3n) is 3.93. The van der Waals surface area contributed by atoms with Crippen molar-refractivity contribution in [2.75, 3.05) is 13.1 Å². The Morgan fingerprint density at radius 1 is 1.35 bits per heavy atom. The first-order valence-corrected chi connectivity index (χ1v) is 7.73. The van der Waals surface area contributed by atoms with Gasteiger partial charge in [0.2, 0.25) is 11.8 Å². The predicted octanol–water partition coefficient (Wildman–Crippen LogP) is 2.12. The van der Waals surface area contributed by atoms with E-state index in [1.165, 1.54) is 6.92 Å². The number of carbonyl (C=O) groups excluding carboxylic acids is 1. The summed E-state index contributed by atoms with van der Waals surface area (Å²) in [7, 11) is 0. The molecule has 2 aromatic rings. The van der Waals surface area contributed by atoms with E-state index in [9.17, 15) is 9.90 Å². The second kappa shape index (κ2) is 5.62. The zero-order valence-corrected chi connectivity index (χ0v) is 14.0. The summed E-state index contributed by atoms with van der Waals surface area (Å²) in [6.45, 7) is 6.01. The first-order chi connectivity index (χ1) is 10.8. The van der Waals surface area contributed by atoms with E-state index < -0.39 is 5.60 Å². The number of hydrogen-bond acceptors (Lipinski definition) is 5. The number of rotatable bonds is 3. The number of fused-ring (bicyclic) bond motifs is 1. The standard InChI is InChI=1S/C16H18ClN3O3/c1-9(21)20-7-10(8-20)23-15-12-5-18-14(17)4-11(12)13(6-19-15)16(2,3)22/h4-6,10,22H,7-8H2,1-3H3. The second-order valence-electron chi connectivity index (χ2n) is 6.25. The Morgan fingerprint density at radius 2 is 2.04 bits per heavy atom. The number of carbonyl (C=O) groups is 1. The third kappa shape index (κ3) is 3.09. The Hall–Kier alpha value is -1.92. The molecule has 1 aliphatic rings. The van der Waals surface area contributed by atoms with Crippen LogP contribution in [0.25, 0.3) is 10.8 Å². The smallest absolute Gasteiger partial charge is 0.223 e. The van der Waals surface area contributed by atoms with Gasteiger partial charge in [-0.2, -0.15) is 0 Å². The molecule has 0 atom stereocenters. The molecule has 3 rings (SSSR count). The molecule has 0 unspecified atom stereocenters. The molecule has 0 bridgehead atoms. The van der Waals surface area contributed by atoms with Crippen molar-refractivity contribution in [3.05, 3.63) is 29.2 Å². The van der Waals surface area contributed by atoms with Crippen LogP contribution in [0, 0.1) is 0 Å². The molecule has 0 saturated carbocycles. The molecule has 1 fully saturated rings. The van der Waals surface area contributed by atoms with Crippen LogP contribution < -0.4 is 4.74 Å². The number of amides is 1. The first kappa shape index (κ1) is 16.0. The van der Waals surface area contributed by atoms with E-state index in [1.54, 1.807) is 37.2 Å². The van der Waals surface area contributed by atoms with Crippen molar-refractivity contribution in [1.29, 1.82) is 0 Å². The van der Waals surface area contributed by atoms with Crippen molar-refractivity contribution in [3.63, 3.8) is 0 Å². The fraction of sp³-hybridized carbons (Fsp3) is 0.438. The zero-order chi connectivity index (χ0) is 16.8. The highest BCUT2D eigenvalue weighted by Crippen LogP contribution is 2.34. The minimum Gasteiger partial charge on any atom is -0.470 e. The number of aromatic nitrogens is 2. The lowest BCUT2D eigenvalue weighted by atomic mass is 9.95. The molecule has 1 saturated heterocycles. The quantitative estimate of drug-likeness (QED) is 0.869. The molecule has 1 N–H and O–H groups in total. The van der Waals surface area contributed by atoms with Gasteiger partial charge >= 0.3 is 0 Å². The minimum absolute atomic E-state index is 0.0356. The second-order valence-corrected chi connectivity index (χ2v) is 6.64. The summed E-state index contributed by atoms with van der Waals surface area (Å²) in [6.07, 6.45) is 3.10. The maximum absolute atomic E-state index is 11.2. The highest BCUT2D eigenvalue weighted by atomic mass is 35.5. The van der Waals surface area contributed by atoms with Gasteiger partial charge in [0.25, 0.3) is 0 Å². The molecule has 0 aliphatic carbocycles. The van der Waals surface area contributed by atoms with Crippen LogP contribution in [0.15, 0.2) is 18.5 Å². The number of likely N-dealkylation sites (tertiary alicyclic amines) is 1. The van der Waals surface area contributed by atoms with Gasteiger partial charge in [-0.05, 0) is 25.3 Å². The Morgan fingerprint density at radius 3 is 2.65 bits per heavy atom. The van der Waals surface area contributed by atoms with Crippen LogP contribution in [0.4, 0.5) is 0 Å². The molecule has 6 nitrogen and oxygen atoms in total. The van der Waals surface area contributed by atoms with Gasteiger partial charge in [-0.25, -0.2) is 9.97 Å². The molecule has 1 amide bonds. The molecule has 0 radical (unpaired) electrons. The monoisotopic (exact) mass is 335 g/mol. The Kier molecular flexibility index (Phi) is 3.90. The number of hydrogen-bond donors (Lipinski definition) is 1. The molecule has 7 heteroatoms. The Balaban J connectivity index is 1.95. The lowest BCUT2D eigenvalue weighted by molar-refractivity contribution is -0.137. The Labute approximate surface area is 139 Å². The van der Waals surface area contributed by atoms with Crippen LogP contribution in [0.2, 0.25) is 5.15 Å². The van der Waals surface area contributed by atoms with Gasteiger partial charge in [-0.15, -0.1) is 0 Å². The Bertz CT molecular complexity index is 767. The fourth-order valence-electron chi connectivity index (χ4n) is 2.59. The topological polar surface area (TPSA) is 75.6 Å². The van der Waals surface area contributed by atoms with Gasteiger partial charge in [0.05, 0.1) is 24.1 Å². The summed E-state index contributed by atoms with van der Waals surface area (Å²) in [6, 6.07) is 1.70. The first-order valence-electron chi connectivity index (χ1n) is 7.35. The van der Waals surface area contributed by atoms with Gasteiger partial charge in [0.15, 0.2) is 0 Å². The van der Waals surface area contributed by atoms with Crippen molar-refractivity contribution < 1.29 is 14.6 Å². The molecule has 3 heterocycles. The van der Waals surface area contributed by atoms with Crippen molar-refractivity contribution in [1.82, 2.24) is 14.9 Å². The van der Waals surface area contributed by atoms with Crippen molar-refractivity contribution in [2.45, 2.75) is 32.5 Å². The fourth-order valence-corrected chi connectivity index (χ4v) is 2.75. The highest BCUT2D eigenvalue weighted by molar-refractivity contribution is 6.30. The van der Waals surface area contributed by atoms with E-state index in [0.29, 0.717) is 35.1 Å². The zero-order valence-electron chi connectivity index (χ0n) is 13.2. The van der Waals surface area contributed by atoms with Gasteiger partial charge in [-0.3, -0.25) is 4.79 Å². The van der Waals surface area contributed by atoms with Gasteiger partial charge in [0.1, 0.15) is 11.3 Å². The van der Waals surface area contributed by atoms with Crippen molar-refractivity contribution in [2.24, 2.45) is 0 Å². The van der Waals surface area contributed by atoms with E-state index in [1.807, 2.05) is 0 Å². The van der Waals surface area contributed by atoms with E-state index >= 15 is 0 Å². The number of aliphatic hydroxyl groups is 1. The number of ether oxygens (including phenoxy) is 1. The average molecular weight is 336 g/mol. The lowest BCUT2D eigenvalue weighted by Gasteiger charge is -2.38. The number of pyridine rings is 2. The van der Waals surface area contributed by atoms with Gasteiger partial charge in [0, 0.05) is 24.9 Å². The molecule has 0 spiro atoms. The summed E-state index contributed by atoms with van der Waals surface area (Å²) in [5.41, 5.74) is -0.403. The number of halogens is 1. The van der Waals surface area contributed by atoms with Crippen molar-refractivity contribution in [3.8, 4) is 5.88 Å². The number of nitrogens with zero attached hydrogens (tertiary/aromatic N) is 3. The van der Waals surface area contributed by atoms with E-state index in [-0.39, 0.29) is 12.0 Å². The van der Waals surface area contributed by atoms with E-state index in [4.69, 9.17) is 16.3 Å². The van der Waals surface area contributed by atoms with Crippen LogP contribution >= 0.6 is 11.6 Å². The van der Waals surface area contributed by atoms with Crippen LogP contribution in [-0.2, 0) is 10.4 Å². The van der Waals surface area contributed by atoms with E-state index in [2.05, 4.69) is 9.97 Å². The van der Waals surface area contributed by atoms with Gasteiger partial charge in [-0.1, -0.05) is 11.6 Å². The lowest BCUT2D eigenvalue weighted by Crippen LogP contribution is -2.55. The van der Waals surface area contributed by atoms with Crippen LogP contribution in [-0.4, -0.2) is 45.1 Å². The molecule has 23 heavy (non-hydrogen) atoms. The van der Waals surface area contributed by atoms with Gasteiger partial charge < -0.3 is 14.7 Å². The molecular formula is C16H18ClN3O3. The minimum atomic E-state index is -1.06. The largest absolute Gasteiger partial charge is 0.470 e. The third-order valence-corrected chi connectivity index (χ3v) is 4.14. The summed E-state index contributed by atoms with van der Waals surface area (Å²) in [4.78, 5) is 21.3. The maximum Gasteiger partial charge on any atom is 0.223 e. The molecule has 0 aromatic carbocycles. The SMILES string of the molecule is CC(=O)N1CC(Oc2ncc(C(C)(C)O)c3cc(Cl)ncc23)C1. The predicted molar refractivity (Wildman–Crippen MR) is 86.5 cm³/mol. The van der Waals surface area contributed by atoms with Crippen molar-refractivity contribution >= 4 is 28.3 Å². The summed E-state index contributed by atoms with van der Waals surface area (Å²) < 4.78 is 5.88. The normalized spacial score (nSPS) is 15.6. The van der Waals surface area contributed by atoms with Crippen LogP contribution in [0.1, 0.15) is 26.3 Å². The molecular weight excluding hydrogens is 318 g/mol. The van der Waals surface area contributed by atoms with Crippen LogP contribution in [0.3, 0.4) is 0 Å². The maximum atomic E-state index is 11.2. The van der Waals surface area contributed by atoms with E-state index in [0.717, 1.165) is 5.39 Å². The molecule has 1 aliphatic heterocycles.